The summed E-state index contributed by atoms with van der Waals surface area (Å²) in [5, 5.41) is 7.31. The Kier molecular flexibility index (Phi) is 6.06. The van der Waals surface area contributed by atoms with Crippen LogP contribution in [0.3, 0.4) is 0 Å². The summed E-state index contributed by atoms with van der Waals surface area (Å²) in [6.07, 6.45) is 2.00. The van der Waals surface area contributed by atoms with Gasteiger partial charge in [-0.1, -0.05) is 43.7 Å². The molecule has 0 saturated heterocycles. The number of nitrogens with one attached hydrogen (secondary N) is 2. The van der Waals surface area contributed by atoms with Gasteiger partial charge < -0.3 is 10.6 Å². The molecule has 27 heavy (non-hydrogen) atoms. The van der Waals surface area contributed by atoms with E-state index < -0.39 is 0 Å². The van der Waals surface area contributed by atoms with Crippen molar-refractivity contribution in [2.75, 3.05) is 18.4 Å². The van der Waals surface area contributed by atoms with Crippen LogP contribution in [0, 0.1) is 19.8 Å². The molecular weight excluding hydrogens is 356 g/mol. The number of carbonyl (C=O) groups excluding carboxylic acids is 1. The molecule has 0 bridgehead atoms. The molecule has 0 saturated carbocycles. The highest BCUT2D eigenvalue weighted by molar-refractivity contribution is 7.19. The van der Waals surface area contributed by atoms with Crippen LogP contribution in [0.2, 0.25) is 0 Å². The number of amides is 1. The Balaban J connectivity index is 1.82. The average Bonchev–Trinajstić information content (AvgIpc) is 2.97. The number of fused-ring (bicyclic) bond motifs is 1. The molecule has 2 N–H and O–H groups in total. The molecule has 0 aliphatic heterocycles. The number of thiophene rings is 1. The number of rotatable bonds is 7. The minimum atomic E-state index is 0.0572. The maximum Gasteiger partial charge on any atom is 0.221 e. The molecular formula is C21H26N4OS. The van der Waals surface area contributed by atoms with Crippen LogP contribution in [0.5, 0.6) is 0 Å². The second-order valence-electron chi connectivity index (χ2n) is 7.18. The number of nitrogens with zero attached hydrogens (tertiary/aromatic N) is 2. The Hall–Kier alpha value is -2.47. The minimum absolute atomic E-state index is 0.0572. The molecule has 142 valence electrons. The molecule has 3 rings (SSSR count). The van der Waals surface area contributed by atoms with Crippen molar-refractivity contribution >= 4 is 33.3 Å². The van der Waals surface area contributed by atoms with Gasteiger partial charge >= 0.3 is 0 Å². The summed E-state index contributed by atoms with van der Waals surface area (Å²) >= 11 is 1.67. The fourth-order valence-corrected chi connectivity index (χ4v) is 3.96. The van der Waals surface area contributed by atoms with Crippen LogP contribution in [-0.4, -0.2) is 29.0 Å². The first-order valence-electron chi connectivity index (χ1n) is 9.27. The predicted molar refractivity (Wildman–Crippen MR) is 113 cm³/mol. The number of hydrogen-bond donors (Lipinski definition) is 2. The summed E-state index contributed by atoms with van der Waals surface area (Å²) in [6, 6.07) is 8.52. The van der Waals surface area contributed by atoms with Crippen LogP contribution in [0.1, 0.15) is 30.7 Å². The van der Waals surface area contributed by atoms with E-state index in [9.17, 15) is 4.79 Å². The van der Waals surface area contributed by atoms with Crippen molar-refractivity contribution in [3.8, 4) is 11.1 Å². The van der Waals surface area contributed by atoms with Crippen molar-refractivity contribution in [3.05, 3.63) is 41.0 Å². The zero-order valence-corrected chi connectivity index (χ0v) is 17.1. The van der Waals surface area contributed by atoms with E-state index in [0.29, 0.717) is 25.4 Å². The molecule has 5 nitrogen and oxygen atoms in total. The minimum Gasteiger partial charge on any atom is -0.369 e. The van der Waals surface area contributed by atoms with Gasteiger partial charge in [0, 0.05) is 30.0 Å². The van der Waals surface area contributed by atoms with Gasteiger partial charge in [-0.15, -0.1) is 11.3 Å². The molecule has 0 aliphatic rings. The Morgan fingerprint density at radius 1 is 1.15 bits per heavy atom. The van der Waals surface area contributed by atoms with E-state index in [1.54, 1.807) is 17.7 Å². The van der Waals surface area contributed by atoms with E-state index in [0.717, 1.165) is 21.6 Å². The van der Waals surface area contributed by atoms with Crippen LogP contribution in [0.15, 0.2) is 30.6 Å². The van der Waals surface area contributed by atoms with Crippen molar-refractivity contribution < 1.29 is 4.79 Å². The Morgan fingerprint density at radius 3 is 2.59 bits per heavy atom. The van der Waals surface area contributed by atoms with Crippen molar-refractivity contribution in [1.82, 2.24) is 15.3 Å². The first-order valence-corrected chi connectivity index (χ1v) is 10.1. The molecule has 0 spiro atoms. The second kappa shape index (κ2) is 8.48. The summed E-state index contributed by atoms with van der Waals surface area (Å²) < 4.78 is 0. The summed E-state index contributed by atoms with van der Waals surface area (Å²) in [7, 11) is 0. The number of aryl methyl sites for hydroxylation is 2. The van der Waals surface area contributed by atoms with Gasteiger partial charge in [0.15, 0.2) is 0 Å². The molecule has 2 heterocycles. The third-order valence-electron chi connectivity index (χ3n) is 4.36. The third kappa shape index (κ3) is 4.63. The normalized spacial score (nSPS) is 11.1. The number of anilines is 1. The zero-order chi connectivity index (χ0) is 19.4. The lowest BCUT2D eigenvalue weighted by atomic mass is 10.0. The maximum atomic E-state index is 11.9. The molecule has 3 aromatic rings. The summed E-state index contributed by atoms with van der Waals surface area (Å²) in [4.78, 5) is 23.0. The highest BCUT2D eigenvalue weighted by Gasteiger charge is 2.16. The summed E-state index contributed by atoms with van der Waals surface area (Å²) in [5.41, 5.74) is 3.57. The molecule has 0 aliphatic carbocycles. The highest BCUT2D eigenvalue weighted by atomic mass is 32.1. The first kappa shape index (κ1) is 19.3. The summed E-state index contributed by atoms with van der Waals surface area (Å²) in [5.74, 6) is 1.30. The molecule has 0 radical (unpaired) electrons. The van der Waals surface area contributed by atoms with Crippen molar-refractivity contribution in [3.63, 3.8) is 0 Å². The number of carbonyl (C=O) groups is 1. The molecule has 6 heteroatoms. The van der Waals surface area contributed by atoms with Gasteiger partial charge in [-0.05, 0) is 25.3 Å². The smallest absolute Gasteiger partial charge is 0.221 e. The van der Waals surface area contributed by atoms with E-state index in [1.807, 2.05) is 0 Å². The zero-order valence-electron chi connectivity index (χ0n) is 16.3. The van der Waals surface area contributed by atoms with Gasteiger partial charge in [-0.25, -0.2) is 9.97 Å². The van der Waals surface area contributed by atoms with Crippen molar-refractivity contribution in [2.45, 2.75) is 34.1 Å². The molecule has 2 aromatic heterocycles. The lowest BCUT2D eigenvalue weighted by Crippen LogP contribution is -2.28. The van der Waals surface area contributed by atoms with E-state index in [4.69, 9.17) is 0 Å². The molecule has 0 atom stereocenters. The SMILES string of the molecule is Cc1ccc(-c2c(C)sc3ncnc(NCCC(=O)NCC(C)C)c23)cc1. The van der Waals surface area contributed by atoms with Crippen LogP contribution in [0.4, 0.5) is 5.82 Å². The Morgan fingerprint density at radius 2 is 1.89 bits per heavy atom. The van der Waals surface area contributed by atoms with E-state index >= 15 is 0 Å². The Bertz CT molecular complexity index is 931. The standard InChI is InChI=1S/C21H26N4OS/c1-13(2)11-23-17(26)9-10-22-20-19-18(16-7-5-14(3)6-8-16)15(4)27-21(19)25-12-24-20/h5-8,12-13H,9-11H2,1-4H3,(H,23,26)(H,22,24,25). The monoisotopic (exact) mass is 382 g/mol. The van der Waals surface area contributed by atoms with Crippen LogP contribution >= 0.6 is 11.3 Å². The topological polar surface area (TPSA) is 66.9 Å². The molecule has 0 unspecified atom stereocenters. The number of hydrogen-bond acceptors (Lipinski definition) is 5. The van der Waals surface area contributed by atoms with Crippen LogP contribution in [-0.2, 0) is 4.79 Å². The third-order valence-corrected chi connectivity index (χ3v) is 5.37. The van der Waals surface area contributed by atoms with Crippen LogP contribution < -0.4 is 10.6 Å². The lowest BCUT2D eigenvalue weighted by molar-refractivity contribution is -0.120. The summed E-state index contributed by atoms with van der Waals surface area (Å²) in [6.45, 7) is 9.62. The fraction of sp³-hybridized carbons (Fsp3) is 0.381. The molecule has 0 fully saturated rings. The fourth-order valence-electron chi connectivity index (χ4n) is 2.95. The van der Waals surface area contributed by atoms with Gasteiger partial charge in [0.2, 0.25) is 5.91 Å². The maximum absolute atomic E-state index is 11.9. The van der Waals surface area contributed by atoms with E-state index in [2.05, 4.69) is 72.6 Å². The van der Waals surface area contributed by atoms with Crippen molar-refractivity contribution in [2.24, 2.45) is 5.92 Å². The Labute approximate surface area is 164 Å². The van der Waals surface area contributed by atoms with Gasteiger partial charge in [0.1, 0.15) is 17.0 Å². The predicted octanol–water partition coefficient (Wildman–Crippen LogP) is 4.55. The molecule has 1 aromatic carbocycles. The first-order chi connectivity index (χ1) is 13.0. The second-order valence-corrected chi connectivity index (χ2v) is 8.38. The van der Waals surface area contributed by atoms with Crippen LogP contribution in [0.25, 0.3) is 21.3 Å². The van der Waals surface area contributed by atoms with Gasteiger partial charge in [-0.3, -0.25) is 4.79 Å². The highest BCUT2D eigenvalue weighted by Crippen LogP contribution is 2.40. The quantitative estimate of drug-likeness (QED) is 0.629. The van der Waals surface area contributed by atoms with Crippen molar-refractivity contribution in [1.29, 1.82) is 0 Å². The largest absolute Gasteiger partial charge is 0.369 e. The van der Waals surface area contributed by atoms with Gasteiger partial charge in [-0.2, -0.15) is 0 Å². The molecule has 1 amide bonds. The van der Waals surface area contributed by atoms with E-state index in [-0.39, 0.29) is 5.91 Å². The number of benzene rings is 1. The lowest BCUT2D eigenvalue weighted by Gasteiger charge is -2.10. The van der Waals surface area contributed by atoms with Gasteiger partial charge in [0.25, 0.3) is 0 Å². The van der Waals surface area contributed by atoms with E-state index in [1.165, 1.54) is 16.0 Å². The number of aromatic nitrogens is 2. The average molecular weight is 383 g/mol. The van der Waals surface area contributed by atoms with Gasteiger partial charge in [0.05, 0.1) is 5.39 Å².